The molecule has 0 aromatic carbocycles. The Morgan fingerprint density at radius 1 is 1.26 bits per heavy atom. The van der Waals surface area contributed by atoms with Gasteiger partial charge in [0.1, 0.15) is 5.00 Å². The largest absolute Gasteiger partial charge is 0.365 e. The molecule has 2 aliphatic rings. The van der Waals surface area contributed by atoms with Gasteiger partial charge in [-0.3, -0.25) is 14.5 Å². The number of hydrogen-bond acceptors (Lipinski definition) is 4. The summed E-state index contributed by atoms with van der Waals surface area (Å²) in [4.78, 5) is 27.7. The summed E-state index contributed by atoms with van der Waals surface area (Å²) < 4.78 is 0. The molecule has 2 amide bonds. The zero-order valence-electron chi connectivity index (χ0n) is 13.7. The average Bonchev–Trinajstić information content (AvgIpc) is 2.87. The molecule has 3 rings (SSSR count). The van der Waals surface area contributed by atoms with Crippen LogP contribution < -0.4 is 11.1 Å². The van der Waals surface area contributed by atoms with Crippen LogP contribution in [0.1, 0.15) is 59.8 Å². The lowest BCUT2D eigenvalue weighted by Gasteiger charge is -2.32. The van der Waals surface area contributed by atoms with E-state index in [2.05, 4.69) is 17.1 Å². The molecule has 1 unspecified atom stereocenters. The third kappa shape index (κ3) is 3.58. The quantitative estimate of drug-likeness (QED) is 0.888. The normalized spacial score (nSPS) is 21.7. The SMILES string of the molecule is CC1CCCCN1CC(=O)Nc1sc2c(c1C(N)=O)CCCC2. The molecule has 3 N–H and O–H groups in total. The van der Waals surface area contributed by atoms with Crippen LogP contribution in [0, 0.1) is 0 Å². The summed E-state index contributed by atoms with van der Waals surface area (Å²) in [5, 5.41) is 3.61. The second kappa shape index (κ2) is 7.01. The molecule has 1 fully saturated rings. The minimum absolute atomic E-state index is 0.0418. The smallest absolute Gasteiger partial charge is 0.251 e. The number of aryl methyl sites for hydroxylation is 1. The van der Waals surface area contributed by atoms with Gasteiger partial charge in [0.15, 0.2) is 0 Å². The summed E-state index contributed by atoms with van der Waals surface area (Å²) in [7, 11) is 0. The highest BCUT2D eigenvalue weighted by atomic mass is 32.1. The zero-order valence-corrected chi connectivity index (χ0v) is 14.5. The summed E-state index contributed by atoms with van der Waals surface area (Å²) in [5.41, 5.74) is 7.18. The first kappa shape index (κ1) is 16.5. The van der Waals surface area contributed by atoms with Gasteiger partial charge in [-0.25, -0.2) is 0 Å². The Kier molecular flexibility index (Phi) is 5.02. The second-order valence-electron chi connectivity index (χ2n) is 6.64. The lowest BCUT2D eigenvalue weighted by Crippen LogP contribution is -2.42. The molecule has 0 bridgehead atoms. The van der Waals surface area contributed by atoms with Crippen molar-refractivity contribution in [1.82, 2.24) is 4.90 Å². The van der Waals surface area contributed by atoms with Gasteiger partial charge in [0.25, 0.3) is 5.91 Å². The van der Waals surface area contributed by atoms with Crippen molar-refractivity contribution in [2.45, 2.75) is 57.9 Å². The highest BCUT2D eigenvalue weighted by molar-refractivity contribution is 7.17. The number of carbonyl (C=O) groups is 2. The molecule has 2 heterocycles. The van der Waals surface area contributed by atoms with Crippen LogP contribution in [0.25, 0.3) is 0 Å². The molecular weight excluding hydrogens is 310 g/mol. The Balaban J connectivity index is 1.73. The number of amides is 2. The number of carbonyl (C=O) groups excluding carboxylic acids is 2. The number of fused-ring (bicyclic) bond motifs is 1. The predicted molar refractivity (Wildman–Crippen MR) is 93.0 cm³/mol. The topological polar surface area (TPSA) is 75.4 Å². The van der Waals surface area contributed by atoms with Crippen molar-refractivity contribution in [3.63, 3.8) is 0 Å². The van der Waals surface area contributed by atoms with Gasteiger partial charge in [-0.05, 0) is 57.6 Å². The van der Waals surface area contributed by atoms with Crippen molar-refractivity contribution in [2.75, 3.05) is 18.4 Å². The highest BCUT2D eigenvalue weighted by Gasteiger charge is 2.26. The Morgan fingerprint density at radius 2 is 2.04 bits per heavy atom. The van der Waals surface area contributed by atoms with E-state index in [-0.39, 0.29) is 5.91 Å². The van der Waals surface area contributed by atoms with E-state index in [0.29, 0.717) is 23.2 Å². The molecule has 5 nitrogen and oxygen atoms in total. The molecular formula is C17H25N3O2S. The third-order valence-electron chi connectivity index (χ3n) is 4.96. The van der Waals surface area contributed by atoms with Crippen LogP contribution in [-0.2, 0) is 17.6 Å². The van der Waals surface area contributed by atoms with Gasteiger partial charge < -0.3 is 11.1 Å². The molecule has 0 saturated carbocycles. The summed E-state index contributed by atoms with van der Waals surface area (Å²) in [5.74, 6) is -0.467. The van der Waals surface area contributed by atoms with E-state index in [1.807, 2.05) is 0 Å². The third-order valence-corrected chi connectivity index (χ3v) is 6.17. The van der Waals surface area contributed by atoms with Gasteiger partial charge in [-0.1, -0.05) is 6.42 Å². The van der Waals surface area contributed by atoms with Crippen LogP contribution >= 0.6 is 11.3 Å². The number of likely N-dealkylation sites (tertiary alicyclic amines) is 1. The lowest BCUT2D eigenvalue weighted by molar-refractivity contribution is -0.118. The number of nitrogens with one attached hydrogen (secondary N) is 1. The minimum atomic E-state index is -0.425. The van der Waals surface area contributed by atoms with Gasteiger partial charge in [-0.2, -0.15) is 0 Å². The van der Waals surface area contributed by atoms with E-state index in [4.69, 9.17) is 5.73 Å². The Labute approximate surface area is 141 Å². The molecule has 1 aliphatic heterocycles. The number of piperidine rings is 1. The number of nitrogens with two attached hydrogens (primary N) is 1. The van der Waals surface area contributed by atoms with Gasteiger partial charge in [0.05, 0.1) is 12.1 Å². The van der Waals surface area contributed by atoms with Gasteiger partial charge in [0, 0.05) is 10.9 Å². The maximum absolute atomic E-state index is 12.4. The fourth-order valence-electron chi connectivity index (χ4n) is 3.66. The Bertz CT molecular complexity index is 611. The van der Waals surface area contributed by atoms with E-state index in [1.165, 1.54) is 22.6 Å². The van der Waals surface area contributed by atoms with Crippen LogP contribution in [0.3, 0.4) is 0 Å². The van der Waals surface area contributed by atoms with Gasteiger partial charge in [-0.15, -0.1) is 11.3 Å². The van der Waals surface area contributed by atoms with E-state index in [1.54, 1.807) is 0 Å². The van der Waals surface area contributed by atoms with Gasteiger partial charge in [0.2, 0.25) is 5.91 Å². The van der Waals surface area contributed by atoms with Crippen LogP contribution in [0.5, 0.6) is 0 Å². The van der Waals surface area contributed by atoms with Crippen LogP contribution in [0.2, 0.25) is 0 Å². The maximum atomic E-state index is 12.4. The number of nitrogens with zero attached hydrogens (tertiary/aromatic N) is 1. The van der Waals surface area contributed by atoms with E-state index >= 15 is 0 Å². The number of anilines is 1. The number of rotatable bonds is 4. The van der Waals surface area contributed by atoms with Crippen molar-refractivity contribution in [2.24, 2.45) is 5.73 Å². The lowest BCUT2D eigenvalue weighted by atomic mass is 9.95. The summed E-state index contributed by atoms with van der Waals surface area (Å²) in [6, 6.07) is 0.446. The van der Waals surface area contributed by atoms with Crippen molar-refractivity contribution >= 4 is 28.2 Å². The second-order valence-corrected chi connectivity index (χ2v) is 7.75. The van der Waals surface area contributed by atoms with Crippen LogP contribution in [-0.4, -0.2) is 35.8 Å². The minimum Gasteiger partial charge on any atom is -0.365 e. The molecule has 6 heteroatoms. The summed E-state index contributed by atoms with van der Waals surface area (Å²) in [6.07, 6.45) is 7.64. The van der Waals surface area contributed by atoms with Crippen molar-refractivity contribution in [3.8, 4) is 0 Å². The highest BCUT2D eigenvalue weighted by Crippen LogP contribution is 2.37. The molecule has 0 spiro atoms. The standard InChI is InChI=1S/C17H25N3O2S/c1-11-6-4-5-9-20(11)10-14(21)19-17-15(16(18)22)12-7-2-3-8-13(12)23-17/h11H,2-10H2,1H3,(H2,18,22)(H,19,21). The molecule has 1 aliphatic carbocycles. The summed E-state index contributed by atoms with van der Waals surface area (Å²) >= 11 is 1.53. The van der Waals surface area contributed by atoms with Crippen molar-refractivity contribution < 1.29 is 9.59 Å². The number of primary amides is 1. The first-order valence-electron chi connectivity index (χ1n) is 8.54. The monoisotopic (exact) mass is 335 g/mol. The van der Waals surface area contributed by atoms with Crippen molar-refractivity contribution in [1.29, 1.82) is 0 Å². The Hall–Kier alpha value is -1.40. The van der Waals surface area contributed by atoms with Crippen molar-refractivity contribution in [3.05, 3.63) is 16.0 Å². The molecule has 1 atom stereocenters. The fraction of sp³-hybridized carbons (Fsp3) is 0.647. The molecule has 1 saturated heterocycles. The molecule has 1 aromatic heterocycles. The molecule has 0 radical (unpaired) electrons. The number of thiophene rings is 1. The van der Waals surface area contributed by atoms with E-state index in [0.717, 1.165) is 50.6 Å². The zero-order chi connectivity index (χ0) is 16.4. The fourth-order valence-corrected chi connectivity index (χ4v) is 4.97. The Morgan fingerprint density at radius 3 is 2.78 bits per heavy atom. The number of hydrogen-bond donors (Lipinski definition) is 2. The first-order valence-corrected chi connectivity index (χ1v) is 9.36. The van der Waals surface area contributed by atoms with E-state index in [9.17, 15) is 9.59 Å². The molecule has 23 heavy (non-hydrogen) atoms. The summed E-state index contributed by atoms with van der Waals surface area (Å²) in [6.45, 7) is 3.53. The van der Waals surface area contributed by atoms with E-state index < -0.39 is 5.91 Å². The van der Waals surface area contributed by atoms with Crippen LogP contribution in [0.4, 0.5) is 5.00 Å². The van der Waals surface area contributed by atoms with Gasteiger partial charge >= 0.3 is 0 Å². The molecule has 126 valence electrons. The predicted octanol–water partition coefficient (Wildman–Crippen LogP) is 2.54. The molecule has 1 aromatic rings. The average molecular weight is 335 g/mol. The maximum Gasteiger partial charge on any atom is 0.251 e. The first-order chi connectivity index (χ1) is 11.1. The van der Waals surface area contributed by atoms with Crippen LogP contribution in [0.15, 0.2) is 0 Å².